The topological polar surface area (TPSA) is 38.3 Å². The second-order valence-electron chi connectivity index (χ2n) is 4.00. The molecule has 13 heavy (non-hydrogen) atoms. The normalized spacial score (nSPS) is 28.9. The van der Waals surface area contributed by atoms with Crippen LogP contribution in [0.1, 0.15) is 33.1 Å². The van der Waals surface area contributed by atoms with E-state index in [0.29, 0.717) is 5.92 Å². The smallest absolute Gasteiger partial charge is 0.326 e. The summed E-state index contributed by atoms with van der Waals surface area (Å²) in [5.74, 6) is 0.183. The number of carbonyl (C=O) groups is 1. The van der Waals surface area contributed by atoms with Crippen molar-refractivity contribution in [2.75, 3.05) is 13.7 Å². The Balaban J connectivity index is 2.79. The van der Waals surface area contributed by atoms with Crippen molar-refractivity contribution in [3.05, 3.63) is 0 Å². The molecule has 1 N–H and O–H groups in total. The van der Waals surface area contributed by atoms with Crippen LogP contribution in [-0.2, 0) is 9.53 Å². The number of hydrogen-bond acceptors (Lipinski definition) is 3. The number of rotatable bonds is 2. The molecule has 0 aromatic rings. The van der Waals surface area contributed by atoms with Crippen LogP contribution in [0.2, 0.25) is 0 Å². The van der Waals surface area contributed by atoms with E-state index >= 15 is 0 Å². The van der Waals surface area contributed by atoms with Gasteiger partial charge in [-0.25, -0.2) is 0 Å². The van der Waals surface area contributed by atoms with E-state index in [0.717, 1.165) is 25.8 Å². The zero-order valence-electron chi connectivity index (χ0n) is 8.72. The molecule has 1 saturated heterocycles. The van der Waals surface area contributed by atoms with Gasteiger partial charge in [-0.1, -0.05) is 13.8 Å². The first-order valence-electron chi connectivity index (χ1n) is 4.97. The average molecular weight is 185 g/mol. The van der Waals surface area contributed by atoms with E-state index in [-0.39, 0.29) is 5.97 Å². The molecule has 1 rings (SSSR count). The third-order valence-electron chi connectivity index (χ3n) is 2.97. The Morgan fingerprint density at radius 2 is 2.15 bits per heavy atom. The van der Waals surface area contributed by atoms with Gasteiger partial charge in [-0.3, -0.25) is 4.79 Å². The number of ether oxygens (including phenoxy) is 1. The van der Waals surface area contributed by atoms with Gasteiger partial charge in [0.25, 0.3) is 0 Å². The number of nitrogens with one attached hydrogen (secondary N) is 1. The SMILES string of the molecule is COC(=O)C1(C(C)C)CCCCN1. The Morgan fingerprint density at radius 3 is 2.54 bits per heavy atom. The second-order valence-corrected chi connectivity index (χ2v) is 4.00. The third kappa shape index (κ3) is 1.85. The first kappa shape index (κ1) is 10.5. The van der Waals surface area contributed by atoms with Crippen molar-refractivity contribution in [1.29, 1.82) is 0 Å². The van der Waals surface area contributed by atoms with Crippen LogP contribution < -0.4 is 5.32 Å². The van der Waals surface area contributed by atoms with Crippen molar-refractivity contribution >= 4 is 5.97 Å². The van der Waals surface area contributed by atoms with Crippen molar-refractivity contribution in [1.82, 2.24) is 5.32 Å². The lowest BCUT2D eigenvalue weighted by atomic mass is 9.79. The van der Waals surface area contributed by atoms with E-state index in [4.69, 9.17) is 4.74 Å². The van der Waals surface area contributed by atoms with Crippen molar-refractivity contribution in [3.8, 4) is 0 Å². The van der Waals surface area contributed by atoms with E-state index in [1.807, 2.05) is 0 Å². The summed E-state index contributed by atoms with van der Waals surface area (Å²) in [6, 6.07) is 0. The Kier molecular flexibility index (Phi) is 3.31. The fourth-order valence-electron chi connectivity index (χ4n) is 2.01. The molecule has 0 amide bonds. The molecule has 0 aliphatic carbocycles. The van der Waals surface area contributed by atoms with Crippen LogP contribution in [0.5, 0.6) is 0 Å². The first-order valence-corrected chi connectivity index (χ1v) is 4.97. The molecule has 0 aromatic carbocycles. The van der Waals surface area contributed by atoms with Crippen molar-refractivity contribution in [2.24, 2.45) is 5.92 Å². The van der Waals surface area contributed by atoms with Gasteiger partial charge in [-0.15, -0.1) is 0 Å². The minimum Gasteiger partial charge on any atom is -0.468 e. The number of hydrogen-bond donors (Lipinski definition) is 1. The van der Waals surface area contributed by atoms with Crippen LogP contribution in [0, 0.1) is 5.92 Å². The number of piperidine rings is 1. The maximum atomic E-state index is 11.6. The van der Waals surface area contributed by atoms with Gasteiger partial charge in [0.15, 0.2) is 0 Å². The standard InChI is InChI=1S/C10H19NO2/c1-8(2)10(9(12)13-3)6-4-5-7-11-10/h8,11H,4-7H2,1-3H3. The summed E-state index contributed by atoms with van der Waals surface area (Å²) in [5.41, 5.74) is -0.424. The fraction of sp³-hybridized carbons (Fsp3) is 0.900. The maximum Gasteiger partial charge on any atom is 0.326 e. The van der Waals surface area contributed by atoms with Gasteiger partial charge in [0.1, 0.15) is 5.54 Å². The molecule has 0 bridgehead atoms. The minimum absolute atomic E-state index is 0.109. The highest BCUT2D eigenvalue weighted by Gasteiger charge is 2.43. The summed E-state index contributed by atoms with van der Waals surface area (Å²) < 4.78 is 4.85. The van der Waals surface area contributed by atoms with Crippen LogP contribution in [0.15, 0.2) is 0 Å². The molecule has 0 radical (unpaired) electrons. The molecular formula is C10H19NO2. The Labute approximate surface area is 79.8 Å². The van der Waals surface area contributed by atoms with Crippen molar-refractivity contribution in [2.45, 2.75) is 38.6 Å². The highest BCUT2D eigenvalue weighted by molar-refractivity contribution is 5.81. The van der Waals surface area contributed by atoms with Gasteiger partial charge in [-0.2, -0.15) is 0 Å². The lowest BCUT2D eigenvalue weighted by molar-refractivity contribution is -0.152. The molecule has 76 valence electrons. The lowest BCUT2D eigenvalue weighted by Crippen LogP contribution is -2.58. The molecule has 1 aliphatic rings. The van der Waals surface area contributed by atoms with Gasteiger partial charge in [0, 0.05) is 0 Å². The Hall–Kier alpha value is -0.570. The molecular weight excluding hydrogens is 166 g/mol. The van der Waals surface area contributed by atoms with Crippen LogP contribution in [0.4, 0.5) is 0 Å². The maximum absolute atomic E-state index is 11.6. The molecule has 1 atom stereocenters. The third-order valence-corrected chi connectivity index (χ3v) is 2.97. The Morgan fingerprint density at radius 1 is 1.46 bits per heavy atom. The highest BCUT2D eigenvalue weighted by atomic mass is 16.5. The van der Waals surface area contributed by atoms with E-state index in [2.05, 4.69) is 19.2 Å². The quantitative estimate of drug-likeness (QED) is 0.659. The molecule has 3 nitrogen and oxygen atoms in total. The van der Waals surface area contributed by atoms with Crippen molar-refractivity contribution in [3.63, 3.8) is 0 Å². The molecule has 1 aliphatic heterocycles. The highest BCUT2D eigenvalue weighted by Crippen LogP contribution is 2.28. The molecule has 0 aromatic heterocycles. The monoisotopic (exact) mass is 185 g/mol. The molecule has 0 saturated carbocycles. The first-order chi connectivity index (χ1) is 6.13. The number of esters is 1. The van der Waals surface area contributed by atoms with E-state index < -0.39 is 5.54 Å². The molecule has 1 heterocycles. The van der Waals surface area contributed by atoms with E-state index in [1.54, 1.807) is 0 Å². The largest absolute Gasteiger partial charge is 0.468 e. The summed E-state index contributed by atoms with van der Waals surface area (Å²) >= 11 is 0. The summed E-state index contributed by atoms with van der Waals surface area (Å²) in [6.07, 6.45) is 3.17. The van der Waals surface area contributed by atoms with Crippen LogP contribution in [0.25, 0.3) is 0 Å². The molecule has 0 spiro atoms. The van der Waals surface area contributed by atoms with Gasteiger partial charge in [0.05, 0.1) is 7.11 Å². The van der Waals surface area contributed by atoms with Crippen LogP contribution in [0.3, 0.4) is 0 Å². The Bertz CT molecular complexity index is 183. The average Bonchev–Trinajstić information content (AvgIpc) is 2.17. The van der Waals surface area contributed by atoms with Crippen molar-refractivity contribution < 1.29 is 9.53 Å². The van der Waals surface area contributed by atoms with Gasteiger partial charge in [0.2, 0.25) is 0 Å². The summed E-state index contributed by atoms with van der Waals surface area (Å²) in [7, 11) is 1.46. The summed E-state index contributed by atoms with van der Waals surface area (Å²) in [5, 5.41) is 3.31. The van der Waals surface area contributed by atoms with Gasteiger partial charge in [-0.05, 0) is 31.7 Å². The van der Waals surface area contributed by atoms with Crippen LogP contribution in [-0.4, -0.2) is 25.2 Å². The molecule has 1 unspecified atom stereocenters. The zero-order valence-corrected chi connectivity index (χ0v) is 8.72. The predicted molar refractivity (Wildman–Crippen MR) is 51.4 cm³/mol. The second kappa shape index (κ2) is 4.09. The number of carbonyl (C=O) groups excluding carboxylic acids is 1. The fourth-order valence-corrected chi connectivity index (χ4v) is 2.01. The van der Waals surface area contributed by atoms with E-state index in [9.17, 15) is 4.79 Å². The molecule has 3 heteroatoms. The van der Waals surface area contributed by atoms with Gasteiger partial charge < -0.3 is 10.1 Å². The van der Waals surface area contributed by atoms with Gasteiger partial charge >= 0.3 is 5.97 Å². The van der Waals surface area contributed by atoms with E-state index in [1.165, 1.54) is 7.11 Å². The zero-order chi connectivity index (χ0) is 9.90. The molecule has 1 fully saturated rings. The summed E-state index contributed by atoms with van der Waals surface area (Å²) in [6.45, 7) is 5.05. The predicted octanol–water partition coefficient (Wildman–Crippen LogP) is 1.33. The van der Waals surface area contributed by atoms with Crippen LogP contribution >= 0.6 is 0 Å². The minimum atomic E-state index is -0.424. The summed E-state index contributed by atoms with van der Waals surface area (Å²) in [4.78, 5) is 11.6. The number of methoxy groups -OCH3 is 1. The lowest BCUT2D eigenvalue weighted by Gasteiger charge is -2.38.